The summed E-state index contributed by atoms with van der Waals surface area (Å²) in [6.45, 7) is 0. The highest BCUT2D eigenvalue weighted by molar-refractivity contribution is 7.85. The lowest BCUT2D eigenvalue weighted by Crippen LogP contribution is -2.24. The summed E-state index contributed by atoms with van der Waals surface area (Å²) in [5.41, 5.74) is 1.78. The molecule has 43 heavy (non-hydrogen) atoms. The standard InChI is InChI=1S/C40H25O2P/c41-43(27-12-3-1-4-13-27,28-14-5-2-6-15-28)29-20-21-32-34-22-24-37-40(38(34)33-18-10-9-17-31(33)35(32)25-29)39-30-16-8-7-11-26(30)19-23-36(39)42-37/h1-25H. The molecule has 0 radical (unpaired) electrons. The maximum Gasteiger partial charge on any atom is 0.171 e. The van der Waals surface area contributed by atoms with Crippen molar-refractivity contribution in [1.29, 1.82) is 0 Å². The highest BCUT2D eigenvalue weighted by atomic mass is 31.2. The van der Waals surface area contributed by atoms with Gasteiger partial charge in [-0.25, -0.2) is 0 Å². The summed E-state index contributed by atoms with van der Waals surface area (Å²) in [6, 6.07) is 51.8. The summed E-state index contributed by atoms with van der Waals surface area (Å²) in [7, 11) is -3.12. The van der Waals surface area contributed by atoms with E-state index in [9.17, 15) is 0 Å². The van der Waals surface area contributed by atoms with Gasteiger partial charge in [-0.2, -0.15) is 0 Å². The first-order valence-electron chi connectivity index (χ1n) is 14.5. The molecular formula is C40H25O2P. The Morgan fingerprint density at radius 3 is 1.65 bits per heavy atom. The topological polar surface area (TPSA) is 30.2 Å². The van der Waals surface area contributed by atoms with Gasteiger partial charge in [0.25, 0.3) is 0 Å². The average molecular weight is 569 g/mol. The van der Waals surface area contributed by atoms with Crippen LogP contribution in [-0.2, 0) is 4.57 Å². The maximum atomic E-state index is 15.3. The van der Waals surface area contributed by atoms with Crippen molar-refractivity contribution in [1.82, 2.24) is 0 Å². The van der Waals surface area contributed by atoms with Crippen LogP contribution in [0.1, 0.15) is 0 Å². The third kappa shape index (κ3) is 3.45. The Balaban J connectivity index is 1.43. The van der Waals surface area contributed by atoms with Crippen molar-refractivity contribution in [3.05, 3.63) is 152 Å². The molecule has 1 heterocycles. The summed E-state index contributed by atoms with van der Waals surface area (Å²) < 4.78 is 21.7. The first kappa shape index (κ1) is 24.4. The Kier molecular flexibility index (Phi) is 5.21. The molecule has 9 rings (SSSR count). The summed E-state index contributed by atoms with van der Waals surface area (Å²) >= 11 is 0. The normalized spacial score (nSPS) is 12.3. The molecule has 0 saturated heterocycles. The number of hydrogen-bond donors (Lipinski definition) is 0. The fourth-order valence-corrected chi connectivity index (χ4v) is 9.65. The van der Waals surface area contributed by atoms with Crippen LogP contribution in [0.3, 0.4) is 0 Å². The van der Waals surface area contributed by atoms with Crippen molar-refractivity contribution in [2.75, 3.05) is 0 Å². The zero-order chi connectivity index (χ0) is 28.5. The first-order chi connectivity index (χ1) is 21.2. The molecule has 0 aliphatic carbocycles. The minimum atomic E-state index is -3.12. The number of hydrogen-bond acceptors (Lipinski definition) is 2. The van der Waals surface area contributed by atoms with Gasteiger partial charge in [-0.1, -0.05) is 127 Å². The molecule has 8 aromatic carbocycles. The van der Waals surface area contributed by atoms with Gasteiger partial charge in [-0.3, -0.25) is 0 Å². The lowest BCUT2D eigenvalue weighted by Gasteiger charge is -2.21. The monoisotopic (exact) mass is 568 g/mol. The third-order valence-electron chi connectivity index (χ3n) is 8.91. The molecule has 0 atom stereocenters. The Morgan fingerprint density at radius 2 is 0.907 bits per heavy atom. The van der Waals surface area contributed by atoms with Gasteiger partial charge >= 0.3 is 0 Å². The third-order valence-corrected chi connectivity index (χ3v) is 12.0. The molecule has 0 unspecified atom stereocenters. The van der Waals surface area contributed by atoms with Crippen LogP contribution >= 0.6 is 7.14 Å². The van der Waals surface area contributed by atoms with Gasteiger partial charge in [0.05, 0.1) is 0 Å². The first-order valence-corrected chi connectivity index (χ1v) is 16.3. The average Bonchev–Trinajstić information content (AvgIpc) is 3.48. The van der Waals surface area contributed by atoms with E-state index in [1.54, 1.807) is 0 Å². The van der Waals surface area contributed by atoms with E-state index in [2.05, 4.69) is 91.0 Å². The molecule has 0 aliphatic heterocycles. The van der Waals surface area contributed by atoms with Crippen LogP contribution in [0.4, 0.5) is 0 Å². The number of fused-ring (bicyclic) bond motifs is 12. The van der Waals surface area contributed by atoms with E-state index in [1.807, 2.05) is 60.7 Å². The van der Waals surface area contributed by atoms with E-state index >= 15 is 4.57 Å². The van der Waals surface area contributed by atoms with Crippen molar-refractivity contribution < 1.29 is 8.98 Å². The SMILES string of the molecule is O=P(c1ccccc1)(c1ccccc1)c1ccc2c(c1)c1ccccc1c1c2ccc2oc3ccc4ccccc4c3c21. The van der Waals surface area contributed by atoms with E-state index in [4.69, 9.17) is 4.42 Å². The highest BCUT2D eigenvalue weighted by Gasteiger charge is 2.30. The molecule has 2 nitrogen and oxygen atoms in total. The molecule has 0 fully saturated rings. The van der Waals surface area contributed by atoms with Gasteiger partial charge in [0.2, 0.25) is 0 Å². The molecule has 3 heteroatoms. The zero-order valence-corrected chi connectivity index (χ0v) is 24.1. The molecule has 0 spiro atoms. The molecule has 0 saturated carbocycles. The Hall–Kier alpha value is -5.17. The molecule has 0 amide bonds. The molecule has 1 aromatic heterocycles. The van der Waals surface area contributed by atoms with Crippen LogP contribution in [0.25, 0.3) is 65.0 Å². The van der Waals surface area contributed by atoms with Gasteiger partial charge in [0.15, 0.2) is 7.14 Å². The smallest absolute Gasteiger partial charge is 0.171 e. The predicted molar refractivity (Wildman–Crippen MR) is 183 cm³/mol. The summed E-state index contributed by atoms with van der Waals surface area (Å²) in [5.74, 6) is 0. The minimum Gasteiger partial charge on any atom is -0.456 e. The van der Waals surface area contributed by atoms with Gasteiger partial charge in [-0.15, -0.1) is 0 Å². The maximum absolute atomic E-state index is 15.3. The van der Waals surface area contributed by atoms with E-state index in [0.29, 0.717) is 0 Å². The van der Waals surface area contributed by atoms with Crippen LogP contribution in [0.15, 0.2) is 156 Å². The number of rotatable bonds is 3. The molecular weight excluding hydrogens is 543 g/mol. The summed E-state index contributed by atoms with van der Waals surface area (Å²) in [6.07, 6.45) is 0. The Labute approximate surface area is 248 Å². The Bertz CT molecular complexity index is 2520. The predicted octanol–water partition coefficient (Wildman–Crippen LogP) is 9.84. The van der Waals surface area contributed by atoms with Gasteiger partial charge in [0.1, 0.15) is 11.2 Å². The van der Waals surface area contributed by atoms with Gasteiger partial charge < -0.3 is 8.98 Å². The van der Waals surface area contributed by atoms with E-state index < -0.39 is 7.14 Å². The fourth-order valence-electron chi connectivity index (χ4n) is 6.98. The van der Waals surface area contributed by atoms with Crippen molar-refractivity contribution in [2.45, 2.75) is 0 Å². The largest absolute Gasteiger partial charge is 0.456 e. The second kappa shape index (κ2) is 9.16. The van der Waals surface area contributed by atoms with Crippen molar-refractivity contribution >= 4 is 88.1 Å². The van der Waals surface area contributed by atoms with Gasteiger partial charge in [0, 0.05) is 32.1 Å². The van der Waals surface area contributed by atoms with Gasteiger partial charge in [-0.05, 0) is 62.0 Å². The van der Waals surface area contributed by atoms with E-state index in [-0.39, 0.29) is 0 Å². The molecule has 0 N–H and O–H groups in total. The molecule has 9 aromatic rings. The second-order valence-electron chi connectivity index (χ2n) is 11.2. The number of furan rings is 1. The second-order valence-corrected chi connectivity index (χ2v) is 13.9. The van der Waals surface area contributed by atoms with Crippen LogP contribution in [0, 0.1) is 0 Å². The lowest BCUT2D eigenvalue weighted by molar-refractivity contribution is 0.592. The lowest BCUT2D eigenvalue weighted by atomic mass is 9.91. The van der Waals surface area contributed by atoms with Crippen LogP contribution in [0.5, 0.6) is 0 Å². The molecule has 0 aliphatic rings. The van der Waals surface area contributed by atoms with Crippen LogP contribution in [-0.4, -0.2) is 0 Å². The summed E-state index contributed by atoms with van der Waals surface area (Å²) in [5, 5.41) is 14.1. The van der Waals surface area contributed by atoms with Crippen molar-refractivity contribution in [3.63, 3.8) is 0 Å². The number of benzene rings is 8. The Morgan fingerprint density at radius 1 is 0.372 bits per heavy atom. The molecule has 0 bridgehead atoms. The van der Waals surface area contributed by atoms with Crippen LogP contribution in [0.2, 0.25) is 0 Å². The van der Waals surface area contributed by atoms with E-state index in [0.717, 1.165) is 64.8 Å². The van der Waals surface area contributed by atoms with Crippen molar-refractivity contribution in [3.8, 4) is 0 Å². The molecule has 202 valence electrons. The van der Waals surface area contributed by atoms with E-state index in [1.165, 1.54) is 16.2 Å². The van der Waals surface area contributed by atoms with Crippen molar-refractivity contribution in [2.24, 2.45) is 0 Å². The quantitative estimate of drug-likeness (QED) is 0.157. The zero-order valence-electron chi connectivity index (χ0n) is 23.2. The fraction of sp³-hybridized carbons (Fsp3) is 0. The highest BCUT2D eigenvalue weighted by Crippen LogP contribution is 2.47. The van der Waals surface area contributed by atoms with Crippen LogP contribution < -0.4 is 15.9 Å². The minimum absolute atomic E-state index is 0.836. The summed E-state index contributed by atoms with van der Waals surface area (Å²) in [4.78, 5) is 0.